The Morgan fingerprint density at radius 3 is 2.35 bits per heavy atom. The molecule has 17 heavy (non-hydrogen) atoms. The fourth-order valence-electron chi connectivity index (χ4n) is 1.42. The molecule has 100 valence electrons. The quantitative estimate of drug-likeness (QED) is 0.433. The van der Waals surface area contributed by atoms with Crippen molar-refractivity contribution in [1.82, 2.24) is 5.32 Å². The Bertz CT molecular complexity index is 247. The molecule has 0 unspecified atom stereocenters. The van der Waals surface area contributed by atoms with Gasteiger partial charge < -0.3 is 29.8 Å². The molecular weight excluding hydrogens is 230 g/mol. The van der Waals surface area contributed by atoms with Crippen LogP contribution in [0.4, 0.5) is 0 Å². The second kappa shape index (κ2) is 8.13. The highest BCUT2D eigenvalue weighted by molar-refractivity contribution is 5.77. The van der Waals surface area contributed by atoms with E-state index in [1.807, 2.05) is 0 Å². The van der Waals surface area contributed by atoms with Gasteiger partial charge in [-0.2, -0.15) is 0 Å². The van der Waals surface area contributed by atoms with Crippen molar-refractivity contribution in [2.75, 3.05) is 20.8 Å². The zero-order valence-corrected chi connectivity index (χ0v) is 10.1. The summed E-state index contributed by atoms with van der Waals surface area (Å²) in [5, 5.41) is 21.6. The third-order valence-corrected chi connectivity index (χ3v) is 2.21. The third-order valence-electron chi connectivity index (χ3n) is 2.21. The molecule has 0 heterocycles. The monoisotopic (exact) mass is 249 g/mol. The molecule has 0 aliphatic carbocycles. The molecule has 0 aromatic heterocycles. The van der Waals surface area contributed by atoms with E-state index in [9.17, 15) is 19.8 Å². The van der Waals surface area contributed by atoms with Crippen molar-refractivity contribution in [3.8, 4) is 0 Å². The smallest absolute Gasteiger partial charge is 0.217 e. The lowest BCUT2D eigenvalue weighted by Gasteiger charge is -2.29. The number of hydrogen-bond donors (Lipinski definition) is 3. The predicted octanol–water partition coefficient (Wildman–Crippen LogP) is -1.93. The number of rotatable bonds is 8. The predicted molar refractivity (Wildman–Crippen MR) is 58.4 cm³/mol. The topological polar surface area (TPSA) is 105 Å². The molecule has 0 spiro atoms. The summed E-state index contributed by atoms with van der Waals surface area (Å²) in [4.78, 5) is 21.7. The van der Waals surface area contributed by atoms with Gasteiger partial charge in [0.15, 0.2) is 0 Å². The molecule has 0 saturated carbocycles. The highest BCUT2D eigenvalue weighted by Crippen LogP contribution is 2.08. The van der Waals surface area contributed by atoms with Crippen molar-refractivity contribution in [3.05, 3.63) is 0 Å². The SMILES string of the molecule is COC[C@@H](O)[C@@H](O)[C@H](OC)[C@@H](C=O)NC(C)=O. The lowest BCUT2D eigenvalue weighted by Crippen LogP contribution is -2.54. The van der Waals surface area contributed by atoms with Gasteiger partial charge in [0.05, 0.1) is 6.61 Å². The van der Waals surface area contributed by atoms with Gasteiger partial charge in [0, 0.05) is 21.1 Å². The second-order valence-electron chi connectivity index (χ2n) is 3.58. The maximum Gasteiger partial charge on any atom is 0.217 e. The van der Waals surface area contributed by atoms with Crippen LogP contribution in [0.5, 0.6) is 0 Å². The number of aldehydes is 1. The first-order chi connectivity index (χ1) is 7.97. The summed E-state index contributed by atoms with van der Waals surface area (Å²) < 4.78 is 9.59. The van der Waals surface area contributed by atoms with Crippen molar-refractivity contribution in [3.63, 3.8) is 0 Å². The van der Waals surface area contributed by atoms with Crippen molar-refractivity contribution in [2.24, 2.45) is 0 Å². The molecule has 7 nitrogen and oxygen atoms in total. The fourth-order valence-corrected chi connectivity index (χ4v) is 1.42. The van der Waals surface area contributed by atoms with Crippen LogP contribution in [-0.4, -0.2) is 67.6 Å². The normalized spacial score (nSPS) is 17.9. The number of hydrogen-bond acceptors (Lipinski definition) is 6. The van der Waals surface area contributed by atoms with E-state index in [0.717, 1.165) is 0 Å². The van der Waals surface area contributed by atoms with Crippen LogP contribution in [0.2, 0.25) is 0 Å². The van der Waals surface area contributed by atoms with Crippen molar-refractivity contribution >= 4 is 12.2 Å². The number of amides is 1. The number of carbonyl (C=O) groups excluding carboxylic acids is 2. The highest BCUT2D eigenvalue weighted by atomic mass is 16.5. The van der Waals surface area contributed by atoms with E-state index in [-0.39, 0.29) is 6.61 Å². The molecule has 0 fully saturated rings. The number of nitrogens with one attached hydrogen (secondary N) is 1. The first kappa shape index (κ1) is 16.0. The van der Waals surface area contributed by atoms with E-state index in [0.29, 0.717) is 6.29 Å². The molecule has 0 rings (SSSR count). The van der Waals surface area contributed by atoms with Crippen LogP contribution in [0.15, 0.2) is 0 Å². The lowest BCUT2D eigenvalue weighted by atomic mass is 10.0. The second-order valence-corrected chi connectivity index (χ2v) is 3.58. The number of aliphatic hydroxyl groups is 2. The number of aliphatic hydroxyl groups excluding tert-OH is 2. The Hall–Kier alpha value is -1.02. The number of methoxy groups -OCH3 is 2. The largest absolute Gasteiger partial charge is 0.388 e. The molecule has 0 saturated heterocycles. The standard InChI is InChI=1S/C10H19NO6/c1-6(13)11-7(4-12)10(17-3)9(15)8(14)5-16-2/h4,7-10,14-15H,5H2,1-3H3,(H,11,13)/t7-,8-,9-,10-/m1/s1. The highest BCUT2D eigenvalue weighted by Gasteiger charge is 2.33. The molecule has 0 aromatic rings. The van der Waals surface area contributed by atoms with Gasteiger partial charge in [-0.1, -0.05) is 0 Å². The fraction of sp³-hybridized carbons (Fsp3) is 0.800. The Balaban J connectivity index is 4.65. The Kier molecular flexibility index (Phi) is 7.64. The molecule has 1 amide bonds. The third kappa shape index (κ3) is 5.22. The van der Waals surface area contributed by atoms with Crippen LogP contribution >= 0.6 is 0 Å². The minimum Gasteiger partial charge on any atom is -0.388 e. The van der Waals surface area contributed by atoms with Crippen LogP contribution in [0, 0.1) is 0 Å². The summed E-state index contributed by atoms with van der Waals surface area (Å²) in [7, 11) is 2.63. The summed E-state index contributed by atoms with van der Waals surface area (Å²) in [5.74, 6) is -0.433. The first-order valence-corrected chi connectivity index (χ1v) is 5.08. The van der Waals surface area contributed by atoms with E-state index in [1.165, 1.54) is 21.1 Å². The summed E-state index contributed by atoms with van der Waals surface area (Å²) in [6, 6.07) is -1.03. The summed E-state index contributed by atoms with van der Waals surface area (Å²) in [6.07, 6.45) is -3.15. The van der Waals surface area contributed by atoms with Crippen LogP contribution in [-0.2, 0) is 19.1 Å². The van der Waals surface area contributed by atoms with E-state index in [1.54, 1.807) is 0 Å². The average Bonchev–Trinajstić information content (AvgIpc) is 2.28. The van der Waals surface area contributed by atoms with Gasteiger partial charge in [-0.3, -0.25) is 4.79 Å². The van der Waals surface area contributed by atoms with Gasteiger partial charge in [-0.05, 0) is 0 Å². The van der Waals surface area contributed by atoms with Gasteiger partial charge in [0.25, 0.3) is 0 Å². The number of carbonyl (C=O) groups is 2. The molecular formula is C10H19NO6. The van der Waals surface area contributed by atoms with E-state index in [2.05, 4.69) is 10.1 Å². The molecule has 0 radical (unpaired) electrons. The zero-order chi connectivity index (χ0) is 13.4. The van der Waals surface area contributed by atoms with Gasteiger partial charge in [0.1, 0.15) is 30.6 Å². The van der Waals surface area contributed by atoms with Gasteiger partial charge in [0.2, 0.25) is 5.91 Å². The van der Waals surface area contributed by atoms with Gasteiger partial charge >= 0.3 is 0 Å². The average molecular weight is 249 g/mol. The molecule has 4 atom stereocenters. The maximum absolute atomic E-state index is 10.9. The lowest BCUT2D eigenvalue weighted by molar-refractivity contribution is -0.133. The number of ether oxygens (including phenoxy) is 2. The van der Waals surface area contributed by atoms with Crippen LogP contribution in [0.3, 0.4) is 0 Å². The zero-order valence-electron chi connectivity index (χ0n) is 10.1. The van der Waals surface area contributed by atoms with Crippen LogP contribution in [0.25, 0.3) is 0 Å². The van der Waals surface area contributed by atoms with Gasteiger partial charge in [-0.15, -0.1) is 0 Å². The van der Waals surface area contributed by atoms with Crippen molar-refractivity contribution in [1.29, 1.82) is 0 Å². The Labute approximate surface area is 99.7 Å². The first-order valence-electron chi connectivity index (χ1n) is 5.08. The van der Waals surface area contributed by atoms with Crippen molar-refractivity contribution in [2.45, 2.75) is 31.3 Å². The summed E-state index contributed by atoms with van der Waals surface area (Å²) in [5.41, 5.74) is 0. The van der Waals surface area contributed by atoms with E-state index in [4.69, 9.17) is 4.74 Å². The Morgan fingerprint density at radius 1 is 1.41 bits per heavy atom. The molecule has 0 aromatic carbocycles. The molecule has 0 aliphatic rings. The van der Waals surface area contributed by atoms with Gasteiger partial charge in [-0.25, -0.2) is 0 Å². The summed E-state index contributed by atoms with van der Waals surface area (Å²) >= 11 is 0. The van der Waals surface area contributed by atoms with E-state index < -0.39 is 30.3 Å². The maximum atomic E-state index is 10.9. The molecule has 7 heteroatoms. The minimum atomic E-state index is -1.35. The molecule has 0 aliphatic heterocycles. The Morgan fingerprint density at radius 2 is 2.00 bits per heavy atom. The summed E-state index contributed by atoms with van der Waals surface area (Å²) in [6.45, 7) is 1.13. The van der Waals surface area contributed by atoms with Crippen molar-refractivity contribution < 1.29 is 29.3 Å². The van der Waals surface area contributed by atoms with Crippen LogP contribution in [0.1, 0.15) is 6.92 Å². The minimum absolute atomic E-state index is 0.104. The molecule has 0 bridgehead atoms. The van der Waals surface area contributed by atoms with E-state index >= 15 is 0 Å². The van der Waals surface area contributed by atoms with Crippen LogP contribution < -0.4 is 5.32 Å². The molecule has 3 N–H and O–H groups in total.